The molecule has 1 heterocycles. The molecule has 98 valence electrons. The Labute approximate surface area is 121 Å². The molecule has 0 aliphatic carbocycles. The summed E-state index contributed by atoms with van der Waals surface area (Å²) < 4.78 is 6.50. The zero-order valence-electron chi connectivity index (χ0n) is 10.3. The first-order valence-corrected chi connectivity index (χ1v) is 6.76. The minimum Gasteiger partial charge on any atom is -0.457 e. The Bertz CT molecular complexity index is 477. The lowest BCUT2D eigenvalue weighted by Crippen LogP contribution is -1.81. The molecular formula is C15H14BrNO2. The van der Waals surface area contributed by atoms with Gasteiger partial charge in [0.05, 0.1) is 0 Å². The third-order valence-electron chi connectivity index (χ3n) is 2.29. The molecule has 0 fully saturated rings. The van der Waals surface area contributed by atoms with E-state index in [2.05, 4.69) is 25.9 Å². The van der Waals surface area contributed by atoms with Crippen molar-refractivity contribution in [2.75, 3.05) is 6.61 Å². The number of hydrogen-bond acceptors (Lipinski definition) is 3. The summed E-state index contributed by atoms with van der Waals surface area (Å²) in [4.78, 5) is 4.60. The van der Waals surface area contributed by atoms with Crippen LogP contribution in [0.3, 0.4) is 0 Å². The Morgan fingerprint density at radius 1 is 0.895 bits per heavy atom. The summed E-state index contributed by atoms with van der Waals surface area (Å²) >= 11 is 3.16. The third kappa shape index (κ3) is 5.14. The van der Waals surface area contributed by atoms with Crippen molar-refractivity contribution in [1.29, 1.82) is 0 Å². The van der Waals surface area contributed by atoms with Gasteiger partial charge in [-0.25, -0.2) is 0 Å². The Morgan fingerprint density at radius 2 is 1.42 bits per heavy atom. The summed E-state index contributed by atoms with van der Waals surface area (Å²) in [5, 5.41) is 3.57. The number of halogens is 1. The van der Waals surface area contributed by atoms with Crippen molar-refractivity contribution < 1.29 is 9.57 Å². The molecule has 0 radical (unpaired) electrons. The standard InChI is InChI=1S/C12H10O.C3H4BrNO/c1-3-7-11(8-4-1)13-12-9-5-2-6-10-12;4-3-1-2-6-5-3/h1-10H;1-2H2. The number of oxime groups is 1. The van der Waals surface area contributed by atoms with Gasteiger partial charge in [-0.05, 0) is 40.2 Å². The van der Waals surface area contributed by atoms with E-state index in [0.29, 0.717) is 0 Å². The highest BCUT2D eigenvalue weighted by atomic mass is 79.9. The molecule has 0 saturated carbocycles. The van der Waals surface area contributed by atoms with Crippen LogP contribution in [0.25, 0.3) is 0 Å². The molecule has 0 N–H and O–H groups in total. The van der Waals surface area contributed by atoms with Crippen LogP contribution in [0, 0.1) is 0 Å². The molecule has 0 unspecified atom stereocenters. The van der Waals surface area contributed by atoms with Crippen LogP contribution in [-0.2, 0) is 4.84 Å². The lowest BCUT2D eigenvalue weighted by Gasteiger charge is -2.03. The van der Waals surface area contributed by atoms with Crippen LogP contribution in [0.1, 0.15) is 6.42 Å². The molecule has 19 heavy (non-hydrogen) atoms. The molecule has 0 atom stereocenters. The SMILES string of the molecule is BrC1=NOCC1.c1ccc(Oc2ccccc2)cc1. The molecule has 1 aliphatic heterocycles. The average molecular weight is 320 g/mol. The fraction of sp³-hybridized carbons (Fsp3) is 0.133. The highest BCUT2D eigenvalue weighted by molar-refractivity contribution is 9.18. The average Bonchev–Trinajstić information content (AvgIpc) is 2.93. The van der Waals surface area contributed by atoms with Crippen molar-refractivity contribution in [3.63, 3.8) is 0 Å². The predicted molar refractivity (Wildman–Crippen MR) is 79.9 cm³/mol. The summed E-state index contributed by atoms with van der Waals surface area (Å²) in [6.07, 6.45) is 0.931. The molecular weight excluding hydrogens is 306 g/mol. The molecule has 3 rings (SSSR count). The van der Waals surface area contributed by atoms with Crippen molar-refractivity contribution in [3.05, 3.63) is 60.7 Å². The van der Waals surface area contributed by atoms with Gasteiger partial charge in [0, 0.05) is 6.42 Å². The molecule has 0 amide bonds. The van der Waals surface area contributed by atoms with Crippen LogP contribution in [0.15, 0.2) is 65.8 Å². The lowest BCUT2D eigenvalue weighted by atomic mass is 10.3. The minimum absolute atomic E-state index is 0.737. The fourth-order valence-electron chi connectivity index (χ4n) is 1.40. The van der Waals surface area contributed by atoms with E-state index in [0.717, 1.165) is 29.1 Å². The highest BCUT2D eigenvalue weighted by Gasteiger charge is 2.00. The first-order valence-electron chi connectivity index (χ1n) is 5.97. The zero-order chi connectivity index (χ0) is 13.3. The van der Waals surface area contributed by atoms with Crippen LogP contribution in [0.5, 0.6) is 11.5 Å². The maximum atomic E-state index is 5.58. The van der Waals surface area contributed by atoms with Gasteiger partial charge in [-0.1, -0.05) is 41.6 Å². The van der Waals surface area contributed by atoms with Crippen molar-refractivity contribution in [1.82, 2.24) is 0 Å². The third-order valence-corrected chi connectivity index (χ3v) is 2.83. The lowest BCUT2D eigenvalue weighted by molar-refractivity contribution is 0.174. The first-order chi connectivity index (χ1) is 9.34. The van der Waals surface area contributed by atoms with Gasteiger partial charge in [-0.2, -0.15) is 0 Å². The van der Waals surface area contributed by atoms with Crippen molar-refractivity contribution in [2.24, 2.45) is 5.16 Å². The molecule has 0 saturated heterocycles. The van der Waals surface area contributed by atoms with Crippen LogP contribution >= 0.6 is 15.9 Å². The molecule has 3 nitrogen and oxygen atoms in total. The monoisotopic (exact) mass is 319 g/mol. The maximum absolute atomic E-state index is 5.58. The predicted octanol–water partition coefficient (Wildman–Crippen LogP) is 4.59. The molecule has 4 heteroatoms. The molecule has 2 aromatic carbocycles. The Kier molecular flexibility index (Phi) is 5.44. The first kappa shape index (κ1) is 13.6. The van der Waals surface area contributed by atoms with E-state index in [1.807, 2.05) is 60.7 Å². The van der Waals surface area contributed by atoms with Crippen LogP contribution in [0.2, 0.25) is 0 Å². The maximum Gasteiger partial charge on any atom is 0.127 e. The van der Waals surface area contributed by atoms with Crippen LogP contribution in [0.4, 0.5) is 0 Å². The Hall–Kier alpha value is -1.81. The Morgan fingerprint density at radius 3 is 1.74 bits per heavy atom. The molecule has 0 spiro atoms. The number of para-hydroxylation sites is 2. The van der Waals surface area contributed by atoms with Crippen molar-refractivity contribution in [3.8, 4) is 11.5 Å². The minimum atomic E-state index is 0.737. The topological polar surface area (TPSA) is 30.8 Å². The van der Waals surface area contributed by atoms with Gasteiger partial charge in [0.25, 0.3) is 0 Å². The van der Waals surface area contributed by atoms with Gasteiger partial charge in [-0.15, -0.1) is 0 Å². The molecule has 2 aromatic rings. The largest absolute Gasteiger partial charge is 0.457 e. The quantitative estimate of drug-likeness (QED) is 0.810. The second-order valence-corrected chi connectivity index (χ2v) is 4.69. The van der Waals surface area contributed by atoms with Gasteiger partial charge in [0.1, 0.15) is 22.7 Å². The van der Waals surface area contributed by atoms with Gasteiger partial charge in [0.15, 0.2) is 0 Å². The normalized spacial score (nSPS) is 12.8. The summed E-state index contributed by atoms with van der Waals surface area (Å²) in [6.45, 7) is 0.737. The van der Waals surface area contributed by atoms with Gasteiger partial charge < -0.3 is 9.57 Å². The number of ether oxygens (including phenoxy) is 1. The van der Waals surface area contributed by atoms with Crippen molar-refractivity contribution >= 4 is 20.6 Å². The summed E-state index contributed by atoms with van der Waals surface area (Å²) in [5.41, 5.74) is 0. The van der Waals surface area contributed by atoms with E-state index in [9.17, 15) is 0 Å². The number of rotatable bonds is 2. The number of hydrogen-bond donors (Lipinski definition) is 0. The summed E-state index contributed by atoms with van der Waals surface area (Å²) in [6, 6.07) is 19.5. The fourth-order valence-corrected chi connectivity index (χ4v) is 1.67. The van der Waals surface area contributed by atoms with E-state index in [1.165, 1.54) is 0 Å². The number of benzene rings is 2. The smallest absolute Gasteiger partial charge is 0.127 e. The van der Waals surface area contributed by atoms with E-state index < -0.39 is 0 Å². The van der Waals surface area contributed by atoms with Crippen LogP contribution in [-0.4, -0.2) is 11.2 Å². The Balaban J connectivity index is 0.000000186. The van der Waals surface area contributed by atoms with E-state index in [4.69, 9.17) is 4.74 Å². The second kappa shape index (κ2) is 7.59. The molecule has 1 aliphatic rings. The summed E-state index contributed by atoms with van der Waals surface area (Å²) in [7, 11) is 0. The zero-order valence-corrected chi connectivity index (χ0v) is 11.9. The summed E-state index contributed by atoms with van der Waals surface area (Å²) in [5.74, 6) is 1.74. The molecule has 0 aromatic heterocycles. The van der Waals surface area contributed by atoms with Crippen molar-refractivity contribution in [2.45, 2.75) is 6.42 Å². The molecule has 0 bridgehead atoms. The van der Waals surface area contributed by atoms with E-state index in [-0.39, 0.29) is 0 Å². The van der Waals surface area contributed by atoms with Gasteiger partial charge >= 0.3 is 0 Å². The number of nitrogens with zero attached hydrogens (tertiary/aromatic N) is 1. The van der Waals surface area contributed by atoms with E-state index >= 15 is 0 Å². The van der Waals surface area contributed by atoms with Gasteiger partial charge in [0.2, 0.25) is 0 Å². The van der Waals surface area contributed by atoms with E-state index in [1.54, 1.807) is 0 Å². The van der Waals surface area contributed by atoms with Crippen LogP contribution < -0.4 is 4.74 Å². The second-order valence-electron chi connectivity index (χ2n) is 3.78. The van der Waals surface area contributed by atoms with Gasteiger partial charge in [-0.3, -0.25) is 0 Å². The highest BCUT2D eigenvalue weighted by Crippen LogP contribution is 2.19.